The van der Waals surface area contributed by atoms with Crippen molar-refractivity contribution < 1.29 is 9.50 Å². The Labute approximate surface area is 120 Å². The number of halogens is 1. The largest absolute Gasteiger partial charge is 0.395 e. The van der Waals surface area contributed by atoms with Crippen molar-refractivity contribution in [1.82, 2.24) is 4.90 Å². The van der Waals surface area contributed by atoms with E-state index in [9.17, 15) is 4.39 Å². The summed E-state index contributed by atoms with van der Waals surface area (Å²) in [5, 5.41) is 9.06. The molecule has 1 aromatic carbocycles. The Hall–Kier alpha value is -1.41. The van der Waals surface area contributed by atoms with Gasteiger partial charge >= 0.3 is 0 Å². The topological polar surface area (TPSA) is 49.5 Å². The molecule has 0 radical (unpaired) electrons. The molecular weight excluding hydrogens is 255 g/mol. The van der Waals surface area contributed by atoms with E-state index in [1.165, 1.54) is 6.07 Å². The van der Waals surface area contributed by atoms with Gasteiger partial charge in [0.25, 0.3) is 0 Å². The molecule has 0 unspecified atom stereocenters. The van der Waals surface area contributed by atoms with Crippen molar-refractivity contribution in [2.24, 2.45) is 5.73 Å². The van der Waals surface area contributed by atoms with Crippen molar-refractivity contribution in [3.63, 3.8) is 0 Å². The monoisotopic (exact) mass is 278 g/mol. The van der Waals surface area contributed by atoms with Gasteiger partial charge in [0, 0.05) is 24.2 Å². The molecular formula is C16H23FN2O. The van der Waals surface area contributed by atoms with Crippen molar-refractivity contribution in [2.45, 2.75) is 26.3 Å². The SMILES string of the molecule is CCCCN(CCO)Cc1ccc(C#CCN)cc1F. The Morgan fingerprint density at radius 3 is 2.75 bits per heavy atom. The van der Waals surface area contributed by atoms with Crippen LogP contribution in [0.1, 0.15) is 30.9 Å². The average molecular weight is 278 g/mol. The van der Waals surface area contributed by atoms with Gasteiger partial charge in [0.15, 0.2) is 0 Å². The van der Waals surface area contributed by atoms with Gasteiger partial charge in [-0.1, -0.05) is 31.3 Å². The Bertz CT molecular complexity index is 465. The minimum Gasteiger partial charge on any atom is -0.395 e. The molecule has 1 aromatic rings. The molecule has 0 saturated heterocycles. The number of unbranched alkanes of at least 4 members (excludes halogenated alkanes) is 1. The molecule has 0 aromatic heterocycles. The molecule has 4 heteroatoms. The third-order valence-electron chi connectivity index (χ3n) is 3.03. The van der Waals surface area contributed by atoms with Crippen LogP contribution in [0.3, 0.4) is 0 Å². The lowest BCUT2D eigenvalue weighted by Gasteiger charge is -2.21. The molecule has 110 valence electrons. The minimum absolute atomic E-state index is 0.0887. The summed E-state index contributed by atoms with van der Waals surface area (Å²) in [6.45, 7) is 4.41. The second kappa shape index (κ2) is 9.49. The number of hydrogen-bond donors (Lipinski definition) is 2. The molecule has 0 aliphatic heterocycles. The maximum Gasteiger partial charge on any atom is 0.128 e. The lowest BCUT2D eigenvalue weighted by atomic mass is 10.1. The maximum absolute atomic E-state index is 14.0. The first-order valence-corrected chi connectivity index (χ1v) is 7.01. The van der Waals surface area contributed by atoms with Crippen molar-refractivity contribution in [3.8, 4) is 11.8 Å². The fourth-order valence-corrected chi connectivity index (χ4v) is 1.94. The Kier molecular flexibility index (Phi) is 7.89. The molecule has 0 fully saturated rings. The van der Waals surface area contributed by atoms with Crippen LogP contribution in [0, 0.1) is 17.7 Å². The summed E-state index contributed by atoms with van der Waals surface area (Å²) in [5.74, 6) is 5.27. The summed E-state index contributed by atoms with van der Waals surface area (Å²) in [7, 11) is 0. The van der Waals surface area contributed by atoms with E-state index in [2.05, 4.69) is 23.7 Å². The van der Waals surface area contributed by atoms with Gasteiger partial charge in [-0.3, -0.25) is 4.90 Å². The Balaban J connectivity index is 2.74. The fourth-order valence-electron chi connectivity index (χ4n) is 1.94. The molecule has 0 saturated carbocycles. The molecule has 20 heavy (non-hydrogen) atoms. The third kappa shape index (κ3) is 5.70. The zero-order valence-electron chi connectivity index (χ0n) is 12.0. The smallest absolute Gasteiger partial charge is 0.128 e. The van der Waals surface area contributed by atoms with Crippen LogP contribution in [0.15, 0.2) is 18.2 Å². The molecule has 3 nitrogen and oxygen atoms in total. The van der Waals surface area contributed by atoms with E-state index in [4.69, 9.17) is 10.8 Å². The van der Waals surface area contributed by atoms with Crippen LogP contribution in [-0.2, 0) is 6.54 Å². The van der Waals surface area contributed by atoms with Crippen LogP contribution in [0.5, 0.6) is 0 Å². The third-order valence-corrected chi connectivity index (χ3v) is 3.03. The van der Waals surface area contributed by atoms with Gasteiger partial charge < -0.3 is 10.8 Å². The van der Waals surface area contributed by atoms with E-state index in [1.807, 2.05) is 0 Å². The van der Waals surface area contributed by atoms with Crippen LogP contribution in [0.25, 0.3) is 0 Å². The number of rotatable bonds is 7. The first kappa shape index (κ1) is 16.6. The molecule has 0 atom stereocenters. The summed E-state index contributed by atoms with van der Waals surface area (Å²) >= 11 is 0. The number of aliphatic hydroxyl groups is 1. The van der Waals surface area contributed by atoms with E-state index in [-0.39, 0.29) is 19.0 Å². The van der Waals surface area contributed by atoms with E-state index in [1.54, 1.807) is 12.1 Å². The number of aliphatic hydroxyl groups excluding tert-OH is 1. The molecule has 0 aliphatic carbocycles. The van der Waals surface area contributed by atoms with Gasteiger partial charge in [-0.25, -0.2) is 4.39 Å². The zero-order valence-corrected chi connectivity index (χ0v) is 12.0. The summed E-state index contributed by atoms with van der Waals surface area (Å²) in [4.78, 5) is 2.06. The quantitative estimate of drug-likeness (QED) is 0.747. The predicted molar refractivity (Wildman–Crippen MR) is 79.6 cm³/mol. The van der Waals surface area contributed by atoms with Crippen molar-refractivity contribution >= 4 is 0 Å². The van der Waals surface area contributed by atoms with Crippen LogP contribution >= 0.6 is 0 Å². The summed E-state index contributed by atoms with van der Waals surface area (Å²) in [6.07, 6.45) is 2.12. The molecule has 1 rings (SSSR count). The molecule has 3 N–H and O–H groups in total. The van der Waals surface area contributed by atoms with Crippen LogP contribution in [0.2, 0.25) is 0 Å². The second-order valence-electron chi connectivity index (χ2n) is 4.67. The number of hydrogen-bond acceptors (Lipinski definition) is 3. The Morgan fingerprint density at radius 1 is 1.35 bits per heavy atom. The van der Waals surface area contributed by atoms with Gasteiger partial charge in [0.2, 0.25) is 0 Å². The average Bonchev–Trinajstić information content (AvgIpc) is 2.45. The fraction of sp³-hybridized carbons (Fsp3) is 0.500. The number of nitrogens with two attached hydrogens (primary N) is 1. The molecule has 0 bridgehead atoms. The first-order valence-electron chi connectivity index (χ1n) is 7.01. The lowest BCUT2D eigenvalue weighted by Crippen LogP contribution is -2.28. The highest BCUT2D eigenvalue weighted by Gasteiger charge is 2.09. The highest BCUT2D eigenvalue weighted by atomic mass is 19.1. The van der Waals surface area contributed by atoms with Crippen molar-refractivity contribution in [1.29, 1.82) is 0 Å². The van der Waals surface area contributed by atoms with Crippen LogP contribution in [-0.4, -0.2) is 36.2 Å². The summed E-state index contributed by atoms with van der Waals surface area (Å²) < 4.78 is 14.0. The lowest BCUT2D eigenvalue weighted by molar-refractivity contribution is 0.187. The molecule has 0 amide bonds. The number of benzene rings is 1. The van der Waals surface area contributed by atoms with Gasteiger partial charge in [0.05, 0.1) is 13.2 Å². The second-order valence-corrected chi connectivity index (χ2v) is 4.67. The van der Waals surface area contributed by atoms with Gasteiger partial charge in [-0.2, -0.15) is 0 Å². The van der Waals surface area contributed by atoms with Crippen LogP contribution < -0.4 is 5.73 Å². The zero-order chi connectivity index (χ0) is 14.8. The Morgan fingerprint density at radius 2 is 2.15 bits per heavy atom. The van der Waals surface area contributed by atoms with Gasteiger partial charge in [-0.05, 0) is 25.1 Å². The standard InChI is InChI=1S/C16H23FN2O/c1-2-3-9-19(10-11-20)13-15-7-6-14(5-4-8-18)12-16(15)17/h6-7,12,20H,2-3,8-11,13,18H2,1H3. The van der Waals surface area contributed by atoms with E-state index < -0.39 is 0 Å². The number of nitrogens with zero attached hydrogens (tertiary/aromatic N) is 1. The van der Waals surface area contributed by atoms with Crippen LogP contribution in [0.4, 0.5) is 4.39 Å². The van der Waals surface area contributed by atoms with Crippen molar-refractivity contribution in [3.05, 3.63) is 35.1 Å². The first-order chi connectivity index (χ1) is 9.71. The maximum atomic E-state index is 14.0. The summed E-state index contributed by atoms with van der Waals surface area (Å²) in [5.41, 5.74) is 6.56. The predicted octanol–water partition coefficient (Wildman–Crippen LogP) is 1.73. The minimum atomic E-state index is -0.256. The highest BCUT2D eigenvalue weighted by molar-refractivity contribution is 5.37. The highest BCUT2D eigenvalue weighted by Crippen LogP contribution is 2.13. The normalized spacial score (nSPS) is 10.4. The van der Waals surface area contributed by atoms with E-state index in [0.717, 1.165) is 19.4 Å². The molecule has 0 aliphatic rings. The van der Waals surface area contributed by atoms with Gasteiger partial charge in [0.1, 0.15) is 5.82 Å². The van der Waals surface area contributed by atoms with Crippen molar-refractivity contribution in [2.75, 3.05) is 26.2 Å². The molecule has 0 spiro atoms. The van der Waals surface area contributed by atoms with E-state index >= 15 is 0 Å². The summed E-state index contributed by atoms with van der Waals surface area (Å²) in [6, 6.07) is 5.00. The van der Waals surface area contributed by atoms with Gasteiger partial charge in [-0.15, -0.1) is 0 Å². The molecule has 0 heterocycles. The van der Waals surface area contributed by atoms with E-state index in [0.29, 0.717) is 24.2 Å².